The molecule has 0 spiro atoms. The van der Waals surface area contributed by atoms with Crippen molar-refractivity contribution in [3.8, 4) is 0 Å². The number of hydrazine groups is 1. The highest BCUT2D eigenvalue weighted by Gasteiger charge is 2.29. The van der Waals surface area contributed by atoms with E-state index in [9.17, 15) is 14.4 Å². The molecule has 0 radical (unpaired) electrons. The number of anilines is 2. The van der Waals surface area contributed by atoms with E-state index >= 15 is 0 Å². The van der Waals surface area contributed by atoms with Gasteiger partial charge in [0.15, 0.2) is 0 Å². The lowest BCUT2D eigenvalue weighted by Crippen LogP contribution is -2.46. The molecular formula is C19H28N4O4. The molecule has 0 aliphatic heterocycles. The van der Waals surface area contributed by atoms with Gasteiger partial charge in [-0.3, -0.25) is 10.2 Å². The Balaban J connectivity index is 2.36. The van der Waals surface area contributed by atoms with E-state index in [2.05, 4.69) is 16.1 Å². The van der Waals surface area contributed by atoms with E-state index < -0.39 is 17.7 Å². The summed E-state index contributed by atoms with van der Waals surface area (Å²) < 4.78 is 5.39. The maximum absolute atomic E-state index is 12.6. The molecule has 148 valence electrons. The van der Waals surface area contributed by atoms with Crippen molar-refractivity contribution in [1.82, 2.24) is 10.3 Å². The van der Waals surface area contributed by atoms with Gasteiger partial charge in [-0.15, -0.1) is 0 Å². The van der Waals surface area contributed by atoms with Crippen molar-refractivity contribution in [2.45, 2.75) is 58.2 Å². The Hall–Kier alpha value is -2.77. The van der Waals surface area contributed by atoms with Gasteiger partial charge in [-0.05, 0) is 52.7 Å². The van der Waals surface area contributed by atoms with Crippen LogP contribution < -0.4 is 16.1 Å². The Kier molecular flexibility index (Phi) is 6.30. The lowest BCUT2D eigenvalue weighted by atomic mass is 10.1. The minimum Gasteiger partial charge on any atom is -0.442 e. The third-order valence-electron chi connectivity index (χ3n) is 3.90. The first-order valence-electron chi connectivity index (χ1n) is 9.02. The number of benzene rings is 1. The molecule has 8 nitrogen and oxygen atoms in total. The van der Waals surface area contributed by atoms with Crippen LogP contribution in [0.4, 0.5) is 16.2 Å². The Morgan fingerprint density at radius 2 is 1.96 bits per heavy atom. The second-order valence-corrected chi connectivity index (χ2v) is 7.56. The zero-order valence-electron chi connectivity index (χ0n) is 16.5. The lowest BCUT2D eigenvalue weighted by molar-refractivity contribution is -0.111. The Bertz CT molecular complexity index is 710. The number of nitrogens with zero attached hydrogens (tertiary/aromatic N) is 1. The maximum Gasteiger partial charge on any atom is 0.429 e. The van der Waals surface area contributed by atoms with Crippen molar-refractivity contribution < 1.29 is 19.1 Å². The van der Waals surface area contributed by atoms with E-state index in [0.29, 0.717) is 23.2 Å². The summed E-state index contributed by atoms with van der Waals surface area (Å²) in [5, 5.41) is 7.07. The van der Waals surface area contributed by atoms with Gasteiger partial charge in [0.2, 0.25) is 0 Å². The molecule has 0 saturated heterocycles. The fourth-order valence-corrected chi connectivity index (χ4v) is 2.37. The van der Waals surface area contributed by atoms with Gasteiger partial charge in [-0.1, -0.05) is 6.07 Å². The smallest absolute Gasteiger partial charge is 0.429 e. The third kappa shape index (κ3) is 5.60. The number of hydrogen-bond acceptors (Lipinski definition) is 6. The lowest BCUT2D eigenvalue weighted by Gasteiger charge is -2.31. The van der Waals surface area contributed by atoms with Gasteiger partial charge in [0, 0.05) is 13.1 Å². The third-order valence-corrected chi connectivity index (χ3v) is 3.90. The monoisotopic (exact) mass is 376 g/mol. The van der Waals surface area contributed by atoms with Crippen LogP contribution in [0.1, 0.15) is 50.9 Å². The van der Waals surface area contributed by atoms with E-state index in [4.69, 9.17) is 4.74 Å². The molecule has 8 heteroatoms. The number of carbonyl (C=O) groups excluding carboxylic acids is 3. The van der Waals surface area contributed by atoms with E-state index in [1.165, 1.54) is 0 Å². The van der Waals surface area contributed by atoms with Gasteiger partial charge in [-0.2, -0.15) is 0 Å². The van der Waals surface area contributed by atoms with Crippen LogP contribution in [0.15, 0.2) is 18.2 Å². The molecule has 2 rings (SSSR count). The summed E-state index contributed by atoms with van der Waals surface area (Å²) in [5.74, 6) is -0.242. The Morgan fingerprint density at radius 3 is 2.48 bits per heavy atom. The van der Waals surface area contributed by atoms with Crippen molar-refractivity contribution in [2.75, 3.05) is 17.8 Å². The van der Waals surface area contributed by atoms with Crippen LogP contribution in [0.25, 0.3) is 0 Å². The van der Waals surface area contributed by atoms with Gasteiger partial charge in [0.25, 0.3) is 5.91 Å². The first-order valence-corrected chi connectivity index (χ1v) is 9.02. The normalized spacial score (nSPS) is 14.7. The number of carbonyl (C=O) groups is 3. The number of rotatable bonds is 7. The summed E-state index contributed by atoms with van der Waals surface area (Å²) in [6.07, 6.45) is 2.00. The fraction of sp³-hybridized carbons (Fsp3) is 0.526. The highest BCUT2D eigenvalue weighted by Crippen LogP contribution is 2.33. The Morgan fingerprint density at radius 1 is 1.30 bits per heavy atom. The van der Waals surface area contributed by atoms with Crippen LogP contribution in [-0.2, 0) is 9.53 Å². The summed E-state index contributed by atoms with van der Waals surface area (Å²) in [6, 6.07) is 4.68. The molecule has 1 fully saturated rings. The molecule has 1 unspecified atom stereocenters. The highest BCUT2D eigenvalue weighted by molar-refractivity contribution is 6.02. The van der Waals surface area contributed by atoms with Crippen LogP contribution in [0, 0.1) is 0 Å². The quantitative estimate of drug-likeness (QED) is 0.500. The summed E-state index contributed by atoms with van der Waals surface area (Å²) in [4.78, 5) is 36.1. The van der Waals surface area contributed by atoms with Crippen LogP contribution in [0.2, 0.25) is 0 Å². The average Bonchev–Trinajstić information content (AvgIpc) is 3.41. The van der Waals surface area contributed by atoms with Crippen LogP contribution >= 0.6 is 0 Å². The van der Waals surface area contributed by atoms with Crippen LogP contribution in [0.5, 0.6) is 0 Å². The predicted molar refractivity (Wildman–Crippen MR) is 104 cm³/mol. The number of para-hydroxylation sites is 1. The molecule has 1 aromatic carbocycles. The SMILES string of the molecule is CNC(=O)c1cccc(NN(C(=O)OC(C)(C)C)C(C)C=O)c1NC1CC1. The van der Waals surface area contributed by atoms with E-state index in [1.807, 2.05) is 0 Å². The molecule has 1 aliphatic carbocycles. The summed E-state index contributed by atoms with van der Waals surface area (Å²) in [7, 11) is 1.56. The number of nitrogens with one attached hydrogen (secondary N) is 3. The van der Waals surface area contributed by atoms with Crippen molar-refractivity contribution >= 4 is 29.7 Å². The predicted octanol–water partition coefficient (Wildman–Crippen LogP) is 2.77. The summed E-state index contributed by atoms with van der Waals surface area (Å²) >= 11 is 0. The minimum absolute atomic E-state index is 0.242. The largest absolute Gasteiger partial charge is 0.442 e. The molecule has 0 heterocycles. The van der Waals surface area contributed by atoms with Gasteiger partial charge < -0.3 is 20.2 Å². The number of hydrogen-bond donors (Lipinski definition) is 3. The van der Waals surface area contributed by atoms with Gasteiger partial charge in [-0.25, -0.2) is 9.80 Å². The van der Waals surface area contributed by atoms with Gasteiger partial charge in [0.05, 0.1) is 16.9 Å². The molecule has 27 heavy (non-hydrogen) atoms. The molecule has 1 aliphatic rings. The van der Waals surface area contributed by atoms with Crippen molar-refractivity contribution in [1.29, 1.82) is 0 Å². The summed E-state index contributed by atoms with van der Waals surface area (Å²) in [6.45, 7) is 6.84. The number of amides is 2. The van der Waals surface area contributed by atoms with Crippen LogP contribution in [-0.4, -0.2) is 48.0 Å². The maximum atomic E-state index is 12.6. The minimum atomic E-state index is -0.766. The first-order chi connectivity index (χ1) is 12.7. The standard InChI is InChI=1S/C19H28N4O4/c1-12(11-24)23(18(26)27-19(2,3)4)22-15-8-6-7-14(17(25)20-5)16(15)21-13-9-10-13/h6-8,11-13,21-22H,9-10H2,1-5H3,(H,20,25). The van der Waals surface area contributed by atoms with E-state index in [1.54, 1.807) is 52.9 Å². The van der Waals surface area contributed by atoms with Gasteiger partial charge >= 0.3 is 6.09 Å². The number of ether oxygens (including phenoxy) is 1. The second-order valence-electron chi connectivity index (χ2n) is 7.56. The first kappa shape index (κ1) is 20.5. The molecular weight excluding hydrogens is 348 g/mol. The molecule has 2 amide bonds. The van der Waals surface area contributed by atoms with Crippen LogP contribution in [0.3, 0.4) is 0 Å². The molecule has 3 N–H and O–H groups in total. The molecule has 1 saturated carbocycles. The Labute approximate surface area is 159 Å². The fourth-order valence-electron chi connectivity index (χ4n) is 2.37. The van der Waals surface area contributed by atoms with Crippen molar-refractivity contribution in [3.63, 3.8) is 0 Å². The zero-order chi connectivity index (χ0) is 20.2. The molecule has 1 atom stereocenters. The second kappa shape index (κ2) is 8.28. The van der Waals surface area contributed by atoms with Gasteiger partial charge in [0.1, 0.15) is 17.9 Å². The summed E-state index contributed by atoms with van der Waals surface area (Å²) in [5.41, 5.74) is 3.81. The topological polar surface area (TPSA) is 99.8 Å². The van der Waals surface area contributed by atoms with Crippen molar-refractivity contribution in [3.05, 3.63) is 23.8 Å². The van der Waals surface area contributed by atoms with E-state index in [-0.39, 0.29) is 11.9 Å². The zero-order valence-corrected chi connectivity index (χ0v) is 16.5. The van der Waals surface area contributed by atoms with E-state index in [0.717, 1.165) is 17.9 Å². The highest BCUT2D eigenvalue weighted by atomic mass is 16.6. The molecule has 1 aromatic rings. The molecule has 0 aromatic heterocycles. The average molecular weight is 376 g/mol. The molecule has 0 bridgehead atoms. The van der Waals surface area contributed by atoms with Crippen molar-refractivity contribution in [2.24, 2.45) is 0 Å². The number of aldehydes is 1.